The molecule has 0 saturated heterocycles. The van der Waals surface area contributed by atoms with Crippen LogP contribution in [0.2, 0.25) is 0 Å². The van der Waals surface area contributed by atoms with Gasteiger partial charge in [-0.15, -0.1) is 0 Å². The molecule has 0 heterocycles. The third-order valence-corrected chi connectivity index (χ3v) is 2.68. The molecule has 3 nitrogen and oxygen atoms in total. The Hall–Kier alpha value is -1.64. The molecule has 0 bridgehead atoms. The molecule has 1 aromatic carbocycles. The van der Waals surface area contributed by atoms with Gasteiger partial charge in [0.1, 0.15) is 0 Å². The smallest absolute Gasteiger partial charge is 0.372 e. The normalized spacial score (nSPS) is 10.1. The fourth-order valence-corrected chi connectivity index (χ4v) is 1.52. The van der Waals surface area contributed by atoms with Crippen molar-refractivity contribution in [1.29, 1.82) is 0 Å². The van der Waals surface area contributed by atoms with Crippen LogP contribution in [0, 0.1) is 13.8 Å². The molecule has 0 unspecified atom stereocenters. The summed E-state index contributed by atoms with van der Waals surface area (Å²) in [5, 5.41) is 8.41. The summed E-state index contributed by atoms with van der Waals surface area (Å²) in [5.41, 5.74) is 3.62. The van der Waals surface area contributed by atoms with Crippen LogP contribution in [0.3, 0.4) is 0 Å². The standard InChI is InChI=1S/C13H16O3/c1-9-6-7-11(8-10(9)2)4-3-5-12(14)13(15)16/h6-8H,3-5H2,1-2H3,(H,15,16). The Bertz CT molecular complexity index is 408. The number of rotatable bonds is 5. The second-order valence-corrected chi connectivity index (χ2v) is 4.00. The highest BCUT2D eigenvalue weighted by molar-refractivity contribution is 6.32. The van der Waals surface area contributed by atoms with Gasteiger partial charge < -0.3 is 5.11 Å². The summed E-state index contributed by atoms with van der Waals surface area (Å²) in [6.45, 7) is 4.09. The van der Waals surface area contributed by atoms with Crippen LogP contribution in [0.1, 0.15) is 29.5 Å². The third-order valence-electron chi connectivity index (χ3n) is 2.68. The molecule has 0 atom stereocenters. The third kappa shape index (κ3) is 3.50. The van der Waals surface area contributed by atoms with Crippen LogP contribution >= 0.6 is 0 Å². The predicted octanol–water partition coefficient (Wildman–Crippen LogP) is 2.28. The first kappa shape index (κ1) is 12.4. The van der Waals surface area contributed by atoms with Crippen LogP contribution in [0.4, 0.5) is 0 Å². The molecule has 0 aliphatic carbocycles. The van der Waals surface area contributed by atoms with Crippen molar-refractivity contribution in [1.82, 2.24) is 0 Å². The summed E-state index contributed by atoms with van der Waals surface area (Å²) < 4.78 is 0. The van der Waals surface area contributed by atoms with Crippen molar-refractivity contribution < 1.29 is 14.7 Å². The summed E-state index contributed by atoms with van der Waals surface area (Å²) >= 11 is 0. The van der Waals surface area contributed by atoms with E-state index in [1.807, 2.05) is 26.0 Å². The molecule has 0 aliphatic rings. The van der Waals surface area contributed by atoms with Gasteiger partial charge in [-0.1, -0.05) is 18.2 Å². The molecule has 0 fully saturated rings. The second-order valence-electron chi connectivity index (χ2n) is 4.00. The number of hydrogen-bond acceptors (Lipinski definition) is 2. The minimum atomic E-state index is -1.33. The molecule has 0 aromatic heterocycles. The zero-order chi connectivity index (χ0) is 12.1. The Morgan fingerprint density at radius 1 is 1.19 bits per heavy atom. The Kier molecular flexibility index (Phi) is 4.23. The quantitative estimate of drug-likeness (QED) is 0.774. The number of carboxylic acid groups (broad SMARTS) is 1. The molecule has 0 amide bonds. The molecule has 0 saturated carbocycles. The Morgan fingerprint density at radius 3 is 2.44 bits per heavy atom. The van der Waals surface area contributed by atoms with E-state index in [0.717, 1.165) is 12.0 Å². The first-order chi connectivity index (χ1) is 7.50. The highest BCUT2D eigenvalue weighted by atomic mass is 16.4. The van der Waals surface area contributed by atoms with Crippen LogP contribution in [-0.4, -0.2) is 16.9 Å². The number of aryl methyl sites for hydroxylation is 3. The van der Waals surface area contributed by atoms with E-state index in [2.05, 4.69) is 6.07 Å². The molecule has 3 heteroatoms. The number of carbonyl (C=O) groups is 2. The fourth-order valence-electron chi connectivity index (χ4n) is 1.52. The first-order valence-corrected chi connectivity index (χ1v) is 5.33. The van der Waals surface area contributed by atoms with Gasteiger partial charge in [0.15, 0.2) is 0 Å². The lowest BCUT2D eigenvalue weighted by atomic mass is 10.0. The molecule has 1 N–H and O–H groups in total. The van der Waals surface area contributed by atoms with Gasteiger partial charge in [-0.2, -0.15) is 0 Å². The SMILES string of the molecule is Cc1ccc(CCCC(=O)C(=O)O)cc1C. The molecule has 0 radical (unpaired) electrons. The zero-order valence-corrected chi connectivity index (χ0v) is 9.62. The Morgan fingerprint density at radius 2 is 1.88 bits per heavy atom. The number of ketones is 1. The van der Waals surface area contributed by atoms with E-state index >= 15 is 0 Å². The van der Waals surface area contributed by atoms with Gasteiger partial charge in [0.25, 0.3) is 0 Å². The van der Waals surface area contributed by atoms with Gasteiger partial charge in [0.2, 0.25) is 5.78 Å². The number of aliphatic carboxylic acids is 1. The molecular formula is C13H16O3. The van der Waals surface area contributed by atoms with E-state index < -0.39 is 11.8 Å². The maximum Gasteiger partial charge on any atom is 0.372 e. The maximum absolute atomic E-state index is 10.9. The monoisotopic (exact) mass is 220 g/mol. The van der Waals surface area contributed by atoms with Crippen LogP contribution < -0.4 is 0 Å². The lowest BCUT2D eigenvalue weighted by molar-refractivity contribution is -0.149. The van der Waals surface area contributed by atoms with Crippen molar-refractivity contribution in [2.24, 2.45) is 0 Å². The van der Waals surface area contributed by atoms with Gasteiger partial charge in [0.05, 0.1) is 0 Å². The van der Waals surface area contributed by atoms with Gasteiger partial charge in [-0.3, -0.25) is 4.79 Å². The average Bonchev–Trinajstić information content (AvgIpc) is 2.23. The Labute approximate surface area is 95.1 Å². The summed E-state index contributed by atoms with van der Waals surface area (Å²) in [4.78, 5) is 21.1. The average molecular weight is 220 g/mol. The van der Waals surface area contributed by atoms with Crippen molar-refractivity contribution in [2.75, 3.05) is 0 Å². The number of carboxylic acids is 1. The van der Waals surface area contributed by atoms with E-state index in [0.29, 0.717) is 6.42 Å². The molecule has 86 valence electrons. The fraction of sp³-hybridized carbons (Fsp3) is 0.385. The van der Waals surface area contributed by atoms with Gasteiger partial charge >= 0.3 is 5.97 Å². The number of hydrogen-bond donors (Lipinski definition) is 1. The second kappa shape index (κ2) is 5.45. The summed E-state index contributed by atoms with van der Waals surface area (Å²) in [6, 6.07) is 6.15. The summed E-state index contributed by atoms with van der Waals surface area (Å²) in [7, 11) is 0. The van der Waals surface area contributed by atoms with Crippen molar-refractivity contribution >= 4 is 11.8 Å². The minimum Gasteiger partial charge on any atom is -0.476 e. The van der Waals surface area contributed by atoms with Gasteiger partial charge in [0, 0.05) is 6.42 Å². The molecular weight excluding hydrogens is 204 g/mol. The number of benzene rings is 1. The van der Waals surface area contributed by atoms with E-state index in [-0.39, 0.29) is 6.42 Å². The summed E-state index contributed by atoms with van der Waals surface area (Å²) in [6.07, 6.45) is 1.45. The van der Waals surface area contributed by atoms with E-state index in [1.54, 1.807) is 0 Å². The van der Waals surface area contributed by atoms with Crippen molar-refractivity contribution in [3.63, 3.8) is 0 Å². The minimum absolute atomic E-state index is 0.113. The molecule has 16 heavy (non-hydrogen) atoms. The van der Waals surface area contributed by atoms with E-state index in [9.17, 15) is 9.59 Å². The predicted molar refractivity (Wildman–Crippen MR) is 61.5 cm³/mol. The van der Waals surface area contributed by atoms with Gasteiger partial charge in [-0.25, -0.2) is 4.79 Å². The van der Waals surface area contributed by atoms with Gasteiger partial charge in [-0.05, 0) is 43.4 Å². The van der Waals surface area contributed by atoms with Crippen LogP contribution in [0.15, 0.2) is 18.2 Å². The van der Waals surface area contributed by atoms with Crippen LogP contribution in [0.25, 0.3) is 0 Å². The zero-order valence-electron chi connectivity index (χ0n) is 9.62. The first-order valence-electron chi connectivity index (χ1n) is 5.33. The Balaban J connectivity index is 2.46. The molecule has 1 aromatic rings. The molecule has 0 spiro atoms. The summed E-state index contributed by atoms with van der Waals surface area (Å²) in [5.74, 6) is -2.04. The lowest BCUT2D eigenvalue weighted by Crippen LogP contribution is -2.12. The highest BCUT2D eigenvalue weighted by Gasteiger charge is 2.10. The maximum atomic E-state index is 10.9. The van der Waals surface area contributed by atoms with Crippen molar-refractivity contribution in [3.8, 4) is 0 Å². The van der Waals surface area contributed by atoms with E-state index in [1.165, 1.54) is 11.1 Å². The topological polar surface area (TPSA) is 54.4 Å². The molecule has 0 aliphatic heterocycles. The number of carbonyl (C=O) groups excluding carboxylic acids is 1. The van der Waals surface area contributed by atoms with Crippen LogP contribution in [0.5, 0.6) is 0 Å². The van der Waals surface area contributed by atoms with Crippen molar-refractivity contribution in [3.05, 3.63) is 34.9 Å². The van der Waals surface area contributed by atoms with Crippen molar-refractivity contribution in [2.45, 2.75) is 33.1 Å². The van der Waals surface area contributed by atoms with E-state index in [4.69, 9.17) is 5.11 Å². The highest BCUT2D eigenvalue weighted by Crippen LogP contribution is 2.12. The molecule has 1 rings (SSSR count). The lowest BCUT2D eigenvalue weighted by Gasteiger charge is -2.04. The number of Topliss-reactive ketones (excluding diaryl/α,β-unsaturated/α-hetero) is 1. The van der Waals surface area contributed by atoms with Crippen LogP contribution in [-0.2, 0) is 16.0 Å². The largest absolute Gasteiger partial charge is 0.476 e.